The summed E-state index contributed by atoms with van der Waals surface area (Å²) in [4.78, 5) is 15.6. The van der Waals surface area contributed by atoms with Gasteiger partial charge in [0.05, 0.1) is 18.6 Å². The van der Waals surface area contributed by atoms with E-state index < -0.39 is 12.1 Å². The molecule has 0 bridgehead atoms. The van der Waals surface area contributed by atoms with Crippen molar-refractivity contribution in [2.45, 2.75) is 38.8 Å². The number of benzene rings is 2. The summed E-state index contributed by atoms with van der Waals surface area (Å²) in [7, 11) is 0. The Labute approximate surface area is 177 Å². The van der Waals surface area contributed by atoms with Gasteiger partial charge in [-0.25, -0.2) is 9.78 Å². The van der Waals surface area contributed by atoms with Gasteiger partial charge in [0.15, 0.2) is 6.10 Å². The molecule has 0 saturated heterocycles. The van der Waals surface area contributed by atoms with Crippen LogP contribution in [0.15, 0.2) is 61.1 Å². The summed E-state index contributed by atoms with van der Waals surface area (Å²) in [6.45, 7) is 3.45. The van der Waals surface area contributed by atoms with E-state index in [0.29, 0.717) is 12.2 Å². The third kappa shape index (κ3) is 6.02. The molecule has 0 saturated carbocycles. The van der Waals surface area contributed by atoms with E-state index in [0.717, 1.165) is 19.4 Å². The molecule has 6 nitrogen and oxygen atoms in total. The zero-order valence-corrected chi connectivity index (χ0v) is 17.3. The Morgan fingerprint density at radius 3 is 2.30 bits per heavy atom. The van der Waals surface area contributed by atoms with Crippen molar-refractivity contribution in [2.75, 3.05) is 13.2 Å². The van der Waals surface area contributed by atoms with Gasteiger partial charge < -0.3 is 20.1 Å². The molecule has 30 heavy (non-hydrogen) atoms. The first-order valence-corrected chi connectivity index (χ1v) is 10.3. The van der Waals surface area contributed by atoms with Crippen molar-refractivity contribution in [1.29, 1.82) is 0 Å². The van der Waals surface area contributed by atoms with Crippen LogP contribution in [0.3, 0.4) is 0 Å². The van der Waals surface area contributed by atoms with Crippen molar-refractivity contribution in [3.05, 3.63) is 77.9 Å². The number of carboxylic acids is 1. The maximum atomic E-state index is 11.3. The highest BCUT2D eigenvalue weighted by Crippen LogP contribution is 2.21. The van der Waals surface area contributed by atoms with E-state index in [2.05, 4.69) is 60.4 Å². The number of imidazole rings is 1. The first kappa shape index (κ1) is 21.7. The number of nitrogens with two attached hydrogens (primary N) is 1. The predicted octanol–water partition coefficient (Wildman–Crippen LogP) is 3.33. The Morgan fingerprint density at radius 1 is 1.10 bits per heavy atom. The van der Waals surface area contributed by atoms with Gasteiger partial charge in [0, 0.05) is 25.7 Å². The molecule has 3 rings (SSSR count). The molecular weight excluding hydrogens is 378 g/mol. The van der Waals surface area contributed by atoms with Gasteiger partial charge in [-0.1, -0.05) is 55.5 Å². The Balaban J connectivity index is 1.55. The predicted molar refractivity (Wildman–Crippen MR) is 117 cm³/mol. The number of carbonyl (C=O) groups is 1. The fraction of sp³-hybridized carbons (Fsp3) is 0.333. The van der Waals surface area contributed by atoms with E-state index in [9.17, 15) is 9.90 Å². The first-order valence-electron chi connectivity index (χ1n) is 10.3. The number of ether oxygens (including phenoxy) is 1. The Morgan fingerprint density at radius 2 is 1.73 bits per heavy atom. The molecular formula is C24H29N3O3. The Kier molecular flexibility index (Phi) is 7.76. The summed E-state index contributed by atoms with van der Waals surface area (Å²) >= 11 is 0. The molecule has 0 aliphatic heterocycles. The average molecular weight is 408 g/mol. The lowest BCUT2D eigenvalue weighted by Gasteiger charge is -2.11. The Bertz CT molecular complexity index is 933. The summed E-state index contributed by atoms with van der Waals surface area (Å²) in [6, 6.07) is 17.3. The topological polar surface area (TPSA) is 90.4 Å². The zero-order chi connectivity index (χ0) is 21.3. The molecule has 3 N–H and O–H groups in total. The van der Waals surface area contributed by atoms with E-state index in [1.54, 1.807) is 6.33 Å². The maximum Gasteiger partial charge on any atom is 0.333 e. The van der Waals surface area contributed by atoms with Crippen LogP contribution in [0.4, 0.5) is 0 Å². The minimum Gasteiger partial charge on any atom is -0.479 e. The smallest absolute Gasteiger partial charge is 0.333 e. The summed E-state index contributed by atoms with van der Waals surface area (Å²) in [6.07, 6.45) is 4.85. The summed E-state index contributed by atoms with van der Waals surface area (Å²) in [5, 5.41) is 9.25. The minimum atomic E-state index is -0.998. The number of carboxylic acid groups (broad SMARTS) is 1. The largest absolute Gasteiger partial charge is 0.479 e. The highest BCUT2D eigenvalue weighted by molar-refractivity contribution is 5.72. The third-order valence-corrected chi connectivity index (χ3v) is 5.10. The molecule has 0 spiro atoms. The van der Waals surface area contributed by atoms with Crippen LogP contribution >= 0.6 is 0 Å². The molecule has 0 fully saturated rings. The lowest BCUT2D eigenvalue weighted by atomic mass is 10.0. The molecule has 1 aromatic heterocycles. The molecule has 0 unspecified atom stereocenters. The number of hydrogen-bond acceptors (Lipinski definition) is 4. The lowest BCUT2D eigenvalue weighted by molar-refractivity contribution is -0.150. The number of nitrogens with zero attached hydrogens (tertiary/aromatic N) is 2. The normalized spacial score (nSPS) is 12.1. The van der Waals surface area contributed by atoms with Crippen molar-refractivity contribution in [2.24, 2.45) is 5.73 Å². The highest BCUT2D eigenvalue weighted by Gasteiger charge is 2.19. The van der Waals surface area contributed by atoms with Crippen molar-refractivity contribution < 1.29 is 14.6 Å². The van der Waals surface area contributed by atoms with Crippen molar-refractivity contribution in [3.63, 3.8) is 0 Å². The molecule has 2 aromatic carbocycles. The van der Waals surface area contributed by atoms with Crippen molar-refractivity contribution in [3.8, 4) is 11.1 Å². The van der Waals surface area contributed by atoms with Crippen LogP contribution < -0.4 is 5.73 Å². The number of rotatable bonds is 11. The third-order valence-electron chi connectivity index (χ3n) is 5.10. The van der Waals surface area contributed by atoms with Gasteiger partial charge in [-0.3, -0.25) is 0 Å². The van der Waals surface area contributed by atoms with E-state index in [4.69, 9.17) is 10.5 Å². The van der Waals surface area contributed by atoms with Gasteiger partial charge in [0.2, 0.25) is 0 Å². The number of aromatic nitrogens is 2. The quantitative estimate of drug-likeness (QED) is 0.509. The van der Waals surface area contributed by atoms with Crippen LogP contribution in [0.1, 0.15) is 23.7 Å². The molecule has 3 aromatic rings. The van der Waals surface area contributed by atoms with Gasteiger partial charge in [0.25, 0.3) is 0 Å². The van der Waals surface area contributed by atoms with Gasteiger partial charge in [-0.2, -0.15) is 0 Å². The molecule has 6 heteroatoms. The summed E-state index contributed by atoms with van der Waals surface area (Å²) in [5.74, 6) is -0.998. The molecule has 1 heterocycles. The Hall–Kier alpha value is -2.96. The van der Waals surface area contributed by atoms with Gasteiger partial charge in [0.1, 0.15) is 0 Å². The maximum absolute atomic E-state index is 11.3. The number of hydrogen-bond donors (Lipinski definition) is 2. The van der Waals surface area contributed by atoms with E-state index in [-0.39, 0.29) is 13.0 Å². The lowest BCUT2D eigenvalue weighted by Crippen LogP contribution is -2.28. The van der Waals surface area contributed by atoms with Crippen molar-refractivity contribution in [1.82, 2.24) is 9.55 Å². The summed E-state index contributed by atoms with van der Waals surface area (Å²) < 4.78 is 7.26. The van der Waals surface area contributed by atoms with E-state index in [1.165, 1.54) is 22.3 Å². The molecule has 0 radical (unpaired) electrons. The number of aryl methyl sites for hydroxylation is 3. The van der Waals surface area contributed by atoms with Crippen LogP contribution in [0.5, 0.6) is 0 Å². The molecule has 0 aliphatic rings. The van der Waals surface area contributed by atoms with E-state index >= 15 is 0 Å². The highest BCUT2D eigenvalue weighted by atomic mass is 16.5. The van der Waals surface area contributed by atoms with Gasteiger partial charge in [-0.05, 0) is 35.1 Å². The van der Waals surface area contributed by atoms with Gasteiger partial charge >= 0.3 is 5.97 Å². The van der Waals surface area contributed by atoms with Crippen LogP contribution in [0.2, 0.25) is 0 Å². The molecule has 0 amide bonds. The average Bonchev–Trinajstić information content (AvgIpc) is 3.23. The second-order valence-corrected chi connectivity index (χ2v) is 7.29. The number of aliphatic carboxylic acids is 1. The van der Waals surface area contributed by atoms with Gasteiger partial charge in [-0.15, -0.1) is 0 Å². The molecule has 0 aliphatic carbocycles. The second kappa shape index (κ2) is 10.7. The van der Waals surface area contributed by atoms with E-state index in [1.807, 2.05) is 10.8 Å². The fourth-order valence-electron chi connectivity index (χ4n) is 3.31. The molecule has 1 atom stereocenters. The fourth-order valence-corrected chi connectivity index (χ4v) is 3.31. The van der Waals surface area contributed by atoms with Crippen LogP contribution in [0, 0.1) is 0 Å². The van der Waals surface area contributed by atoms with Crippen LogP contribution in [-0.2, 0) is 35.3 Å². The summed E-state index contributed by atoms with van der Waals surface area (Å²) in [5.41, 5.74) is 11.1. The molecule has 158 valence electrons. The van der Waals surface area contributed by atoms with Crippen LogP contribution in [-0.4, -0.2) is 39.9 Å². The van der Waals surface area contributed by atoms with Crippen molar-refractivity contribution >= 4 is 5.97 Å². The van der Waals surface area contributed by atoms with Crippen LogP contribution in [0.25, 0.3) is 11.1 Å². The SMILES string of the molecule is CCc1ccc(-c2ccc(CCn3cnc(C[C@H](OCCN)C(=O)O)c3)cc2)cc1. The first-order chi connectivity index (χ1) is 14.6. The second-order valence-electron chi connectivity index (χ2n) is 7.29. The minimum absolute atomic E-state index is 0.219. The zero-order valence-electron chi connectivity index (χ0n) is 17.3. The monoisotopic (exact) mass is 407 g/mol. The standard InChI is InChI=1S/C24H29N3O3/c1-2-18-3-7-20(8-4-18)21-9-5-19(6-10-21)11-13-27-16-22(26-17-27)15-23(24(28)29)30-14-12-25/h3-10,16-17,23H,2,11-15,25H2,1H3,(H,28,29)/t23-/m0/s1.